The molecule has 0 heterocycles. The Balaban J connectivity index is 2.06. The van der Waals surface area contributed by atoms with Gasteiger partial charge in [-0.15, -0.1) is 0 Å². The van der Waals surface area contributed by atoms with Crippen LogP contribution in [-0.2, 0) is 0 Å². The number of thiocarbonyl (C=S) groups is 1. The number of benzene rings is 1. The lowest BCUT2D eigenvalue weighted by molar-refractivity contribution is 0.154. The van der Waals surface area contributed by atoms with Crippen LogP contribution >= 0.6 is 12.2 Å². The van der Waals surface area contributed by atoms with E-state index in [9.17, 15) is 4.39 Å². The molecule has 1 aliphatic rings. The smallest absolute Gasteiger partial charge is 0.137 e. The molecule has 2 rings (SSSR count). The Morgan fingerprint density at radius 3 is 2.59 bits per heavy atom. The Morgan fingerprint density at radius 2 is 2.00 bits per heavy atom. The summed E-state index contributed by atoms with van der Waals surface area (Å²) in [5, 5.41) is 0. The highest BCUT2D eigenvalue weighted by atomic mass is 32.1. The Kier molecular flexibility index (Phi) is 3.94. The highest BCUT2D eigenvalue weighted by Crippen LogP contribution is 2.24. The second kappa shape index (κ2) is 5.45. The van der Waals surface area contributed by atoms with E-state index in [4.69, 9.17) is 22.7 Å². The van der Waals surface area contributed by atoms with Gasteiger partial charge in [-0.05, 0) is 37.8 Å². The number of nitrogens with two attached hydrogens (primary N) is 1. The molecule has 2 nitrogen and oxygen atoms in total. The van der Waals surface area contributed by atoms with Crippen molar-refractivity contribution in [1.82, 2.24) is 0 Å². The van der Waals surface area contributed by atoms with Gasteiger partial charge in [0.2, 0.25) is 0 Å². The number of hydrogen-bond acceptors (Lipinski definition) is 2. The van der Waals surface area contributed by atoms with Crippen molar-refractivity contribution in [3.8, 4) is 5.75 Å². The normalized spacial score (nSPS) is 16.8. The van der Waals surface area contributed by atoms with E-state index in [0.29, 0.717) is 5.75 Å². The number of halogens is 1. The molecule has 0 saturated heterocycles. The topological polar surface area (TPSA) is 35.2 Å². The molecule has 0 unspecified atom stereocenters. The number of ether oxygens (including phenoxy) is 1. The molecule has 0 amide bonds. The highest BCUT2D eigenvalue weighted by molar-refractivity contribution is 7.80. The summed E-state index contributed by atoms with van der Waals surface area (Å²) in [4.78, 5) is 0.0757. The summed E-state index contributed by atoms with van der Waals surface area (Å²) in [5.41, 5.74) is 5.67. The third kappa shape index (κ3) is 3.16. The summed E-state index contributed by atoms with van der Waals surface area (Å²) in [5.74, 6) is 0.153. The molecule has 2 N–H and O–H groups in total. The van der Waals surface area contributed by atoms with E-state index in [2.05, 4.69) is 0 Å². The van der Waals surface area contributed by atoms with Crippen LogP contribution in [-0.4, -0.2) is 11.1 Å². The number of rotatable bonds is 3. The predicted octanol–water partition coefficient (Wildman–Crippen LogP) is 3.17. The van der Waals surface area contributed by atoms with Crippen LogP contribution in [0.1, 0.15) is 37.7 Å². The lowest BCUT2D eigenvalue weighted by Crippen LogP contribution is -2.20. The summed E-state index contributed by atoms with van der Waals surface area (Å²) < 4.78 is 19.4. The molecule has 1 aromatic carbocycles. The fourth-order valence-corrected chi connectivity index (χ4v) is 2.31. The summed E-state index contributed by atoms with van der Waals surface area (Å²) in [6, 6.07) is 4.67. The van der Waals surface area contributed by atoms with Crippen molar-refractivity contribution in [3.05, 3.63) is 29.6 Å². The summed E-state index contributed by atoms with van der Waals surface area (Å²) >= 11 is 4.75. The fourth-order valence-electron chi connectivity index (χ4n) is 2.14. The van der Waals surface area contributed by atoms with Crippen LogP contribution in [0.25, 0.3) is 0 Å². The van der Waals surface area contributed by atoms with Crippen LogP contribution in [0.2, 0.25) is 0 Å². The first-order chi connectivity index (χ1) is 8.16. The van der Waals surface area contributed by atoms with E-state index in [1.807, 2.05) is 0 Å². The second-order valence-electron chi connectivity index (χ2n) is 4.38. The fraction of sp³-hybridized carbons (Fsp3) is 0.462. The Morgan fingerprint density at radius 1 is 1.29 bits per heavy atom. The van der Waals surface area contributed by atoms with Gasteiger partial charge in [0, 0.05) is 11.6 Å². The summed E-state index contributed by atoms with van der Waals surface area (Å²) in [7, 11) is 0. The molecule has 1 fully saturated rings. The van der Waals surface area contributed by atoms with Gasteiger partial charge in [-0.1, -0.05) is 18.6 Å². The largest absolute Gasteiger partial charge is 0.490 e. The average molecular weight is 253 g/mol. The zero-order chi connectivity index (χ0) is 12.3. The van der Waals surface area contributed by atoms with Crippen LogP contribution in [0.4, 0.5) is 4.39 Å². The molecule has 1 aromatic rings. The van der Waals surface area contributed by atoms with E-state index in [-0.39, 0.29) is 16.7 Å². The van der Waals surface area contributed by atoms with Crippen molar-refractivity contribution < 1.29 is 9.13 Å². The lowest BCUT2D eigenvalue weighted by Gasteiger charge is -2.23. The van der Waals surface area contributed by atoms with E-state index in [1.165, 1.54) is 25.3 Å². The van der Waals surface area contributed by atoms with Crippen LogP contribution in [0, 0.1) is 5.82 Å². The maximum Gasteiger partial charge on any atom is 0.137 e. The lowest BCUT2D eigenvalue weighted by atomic mass is 9.98. The first-order valence-electron chi connectivity index (χ1n) is 5.93. The van der Waals surface area contributed by atoms with Crippen molar-refractivity contribution in [2.24, 2.45) is 5.73 Å². The second-order valence-corrected chi connectivity index (χ2v) is 4.82. The van der Waals surface area contributed by atoms with Gasteiger partial charge in [0.15, 0.2) is 0 Å². The van der Waals surface area contributed by atoms with Crippen LogP contribution in [0.15, 0.2) is 18.2 Å². The zero-order valence-electron chi connectivity index (χ0n) is 9.62. The minimum atomic E-state index is -0.411. The quantitative estimate of drug-likeness (QED) is 0.840. The van der Waals surface area contributed by atoms with Crippen molar-refractivity contribution in [1.29, 1.82) is 0 Å². The zero-order valence-corrected chi connectivity index (χ0v) is 10.4. The molecule has 0 aromatic heterocycles. The van der Waals surface area contributed by atoms with E-state index in [0.717, 1.165) is 12.8 Å². The van der Waals surface area contributed by atoms with Gasteiger partial charge in [-0.25, -0.2) is 4.39 Å². The van der Waals surface area contributed by atoms with Crippen LogP contribution < -0.4 is 10.5 Å². The highest BCUT2D eigenvalue weighted by Gasteiger charge is 2.15. The van der Waals surface area contributed by atoms with Crippen molar-refractivity contribution in [2.45, 2.75) is 38.2 Å². The first kappa shape index (κ1) is 12.3. The molecule has 0 radical (unpaired) electrons. The van der Waals surface area contributed by atoms with Gasteiger partial charge in [-0.2, -0.15) is 0 Å². The molecule has 0 bridgehead atoms. The molecule has 17 heavy (non-hydrogen) atoms. The first-order valence-corrected chi connectivity index (χ1v) is 6.33. The molecular weight excluding hydrogens is 237 g/mol. The Bertz CT molecular complexity index is 416. The number of hydrogen-bond donors (Lipinski definition) is 1. The molecule has 0 aliphatic heterocycles. The predicted molar refractivity (Wildman–Crippen MR) is 69.8 cm³/mol. The SMILES string of the molecule is NC(=S)c1ccc(OC2CCCCC2)cc1F. The van der Waals surface area contributed by atoms with Crippen molar-refractivity contribution in [3.63, 3.8) is 0 Å². The van der Waals surface area contributed by atoms with Gasteiger partial charge >= 0.3 is 0 Å². The van der Waals surface area contributed by atoms with Gasteiger partial charge in [0.25, 0.3) is 0 Å². The summed E-state index contributed by atoms with van der Waals surface area (Å²) in [6.07, 6.45) is 5.99. The molecule has 4 heteroatoms. The van der Waals surface area contributed by atoms with Gasteiger partial charge in [0.05, 0.1) is 6.10 Å². The minimum absolute atomic E-state index is 0.0757. The molecule has 92 valence electrons. The third-order valence-electron chi connectivity index (χ3n) is 3.06. The van der Waals surface area contributed by atoms with Crippen LogP contribution in [0.5, 0.6) is 5.75 Å². The minimum Gasteiger partial charge on any atom is -0.490 e. The van der Waals surface area contributed by atoms with E-state index in [1.54, 1.807) is 12.1 Å². The molecule has 1 aliphatic carbocycles. The standard InChI is InChI=1S/C13H16FNOS/c14-12-8-10(6-7-11(12)13(15)17)16-9-4-2-1-3-5-9/h6-9H,1-5H2,(H2,15,17). The monoisotopic (exact) mass is 253 g/mol. The van der Waals surface area contributed by atoms with Crippen molar-refractivity contribution in [2.75, 3.05) is 0 Å². The molecule has 0 atom stereocenters. The average Bonchev–Trinajstić information content (AvgIpc) is 2.30. The summed E-state index contributed by atoms with van der Waals surface area (Å²) in [6.45, 7) is 0. The van der Waals surface area contributed by atoms with Gasteiger partial charge in [0.1, 0.15) is 16.6 Å². The van der Waals surface area contributed by atoms with E-state index < -0.39 is 5.82 Å². The van der Waals surface area contributed by atoms with Crippen LogP contribution in [0.3, 0.4) is 0 Å². The Labute approximate surface area is 106 Å². The maximum atomic E-state index is 13.6. The molecule has 1 saturated carbocycles. The maximum absolute atomic E-state index is 13.6. The third-order valence-corrected chi connectivity index (χ3v) is 3.28. The van der Waals surface area contributed by atoms with Crippen molar-refractivity contribution >= 4 is 17.2 Å². The van der Waals surface area contributed by atoms with Gasteiger partial charge in [-0.3, -0.25) is 0 Å². The van der Waals surface area contributed by atoms with Gasteiger partial charge < -0.3 is 10.5 Å². The molecule has 0 spiro atoms. The van der Waals surface area contributed by atoms with E-state index >= 15 is 0 Å². The Hall–Kier alpha value is -1.16. The molecular formula is C13H16FNOS.